The van der Waals surface area contributed by atoms with Crippen molar-refractivity contribution in [3.8, 4) is 17.2 Å². The van der Waals surface area contributed by atoms with Crippen LogP contribution in [0.25, 0.3) is 0 Å². The molecule has 0 N–H and O–H groups in total. The van der Waals surface area contributed by atoms with E-state index in [2.05, 4.69) is 4.74 Å². The second kappa shape index (κ2) is 8.85. The molecule has 0 radical (unpaired) electrons. The molecule has 8 nitrogen and oxygen atoms in total. The highest BCUT2D eigenvalue weighted by Gasteiger charge is 2.31. The van der Waals surface area contributed by atoms with Gasteiger partial charge in [0.1, 0.15) is 29.0 Å². The van der Waals surface area contributed by atoms with Crippen molar-refractivity contribution in [1.82, 2.24) is 0 Å². The van der Waals surface area contributed by atoms with E-state index < -0.39 is 18.0 Å². The Hall–Kier alpha value is -2.64. The number of rotatable bonds is 8. The lowest BCUT2D eigenvalue weighted by Crippen LogP contribution is -2.41. The normalized spacial score (nSPS) is 11.2. The molecule has 1 atom stereocenters. The third-order valence-corrected chi connectivity index (χ3v) is 3.57. The number of likely N-dealkylation sites (N-methyl/N-ethyl adjacent to an activating group) is 1. The van der Waals surface area contributed by atoms with Crippen molar-refractivity contribution in [1.29, 1.82) is 0 Å². The molecule has 0 aliphatic rings. The van der Waals surface area contributed by atoms with E-state index in [-0.39, 0.29) is 6.42 Å². The number of nitrogens with zero attached hydrogens (tertiary/aromatic N) is 1. The number of esters is 2. The van der Waals surface area contributed by atoms with Crippen LogP contribution in [0.5, 0.6) is 17.2 Å². The van der Waals surface area contributed by atoms with Gasteiger partial charge in [-0.3, -0.25) is 4.79 Å². The molecule has 0 bridgehead atoms. The maximum Gasteiger partial charge on any atom is 0.329 e. The number of benzene rings is 1. The quantitative estimate of drug-likeness (QED) is 0.653. The molecule has 0 saturated heterocycles. The first-order valence-corrected chi connectivity index (χ1v) is 7.10. The monoisotopic (exact) mass is 341 g/mol. The summed E-state index contributed by atoms with van der Waals surface area (Å²) in [6.07, 6.45) is -0.183. The number of methoxy groups -OCH3 is 5. The molecule has 0 aliphatic carbocycles. The second-order valence-corrected chi connectivity index (χ2v) is 4.81. The fourth-order valence-corrected chi connectivity index (χ4v) is 2.25. The first-order valence-electron chi connectivity index (χ1n) is 7.10. The van der Waals surface area contributed by atoms with Gasteiger partial charge in [0.05, 0.1) is 42.0 Å². The summed E-state index contributed by atoms with van der Waals surface area (Å²) in [5, 5.41) is 0. The van der Waals surface area contributed by atoms with E-state index in [1.165, 1.54) is 35.5 Å². The first kappa shape index (κ1) is 19.4. The van der Waals surface area contributed by atoms with Crippen molar-refractivity contribution in [2.45, 2.75) is 12.5 Å². The average molecular weight is 341 g/mol. The molecule has 0 aromatic heterocycles. The molecule has 134 valence electrons. The Morgan fingerprint density at radius 3 is 1.88 bits per heavy atom. The molecule has 1 aromatic rings. The van der Waals surface area contributed by atoms with Crippen molar-refractivity contribution in [3.63, 3.8) is 0 Å². The minimum Gasteiger partial charge on any atom is -0.496 e. The number of anilines is 1. The smallest absolute Gasteiger partial charge is 0.329 e. The summed E-state index contributed by atoms with van der Waals surface area (Å²) in [6.45, 7) is 0. The number of carbonyl (C=O) groups is 2. The van der Waals surface area contributed by atoms with E-state index >= 15 is 0 Å². The average Bonchev–Trinajstić information content (AvgIpc) is 2.63. The third-order valence-electron chi connectivity index (χ3n) is 3.57. The van der Waals surface area contributed by atoms with Gasteiger partial charge in [-0.05, 0) is 0 Å². The zero-order valence-corrected chi connectivity index (χ0v) is 14.7. The van der Waals surface area contributed by atoms with E-state index in [0.29, 0.717) is 22.9 Å². The van der Waals surface area contributed by atoms with Crippen molar-refractivity contribution >= 4 is 17.6 Å². The molecule has 1 rings (SSSR count). The first-order chi connectivity index (χ1) is 11.4. The number of ether oxygens (including phenoxy) is 5. The minimum absolute atomic E-state index is 0.183. The summed E-state index contributed by atoms with van der Waals surface area (Å²) in [7, 11) is 8.63. The van der Waals surface area contributed by atoms with Crippen LogP contribution < -0.4 is 19.1 Å². The standard InChI is InChI=1S/C16H23NO7/c1-17(11(16(19)24-6)9-14(18)23-5)15-12(21-3)7-10(20-2)8-13(15)22-4/h7-8,11H,9H2,1-6H3/t11-/m0/s1. The van der Waals surface area contributed by atoms with Crippen LogP contribution >= 0.6 is 0 Å². The van der Waals surface area contributed by atoms with Gasteiger partial charge in [-0.15, -0.1) is 0 Å². The zero-order valence-electron chi connectivity index (χ0n) is 14.7. The van der Waals surface area contributed by atoms with Crippen molar-refractivity contribution < 1.29 is 33.3 Å². The highest BCUT2D eigenvalue weighted by molar-refractivity contribution is 5.87. The zero-order chi connectivity index (χ0) is 18.3. The van der Waals surface area contributed by atoms with Gasteiger partial charge >= 0.3 is 11.9 Å². The topological polar surface area (TPSA) is 83.5 Å². The van der Waals surface area contributed by atoms with Crippen molar-refractivity contribution in [2.75, 3.05) is 47.5 Å². The molecule has 0 fully saturated rings. The van der Waals surface area contributed by atoms with Gasteiger partial charge < -0.3 is 28.6 Å². The molecule has 1 aromatic carbocycles. The highest BCUT2D eigenvalue weighted by Crippen LogP contribution is 2.42. The summed E-state index contributed by atoms with van der Waals surface area (Å²) in [4.78, 5) is 25.3. The highest BCUT2D eigenvalue weighted by atomic mass is 16.5. The molecule has 0 aliphatic heterocycles. The molecule has 0 unspecified atom stereocenters. The molecule has 0 amide bonds. The minimum atomic E-state index is -0.904. The Morgan fingerprint density at radius 2 is 1.50 bits per heavy atom. The molecule has 0 spiro atoms. The van der Waals surface area contributed by atoms with Crippen LogP contribution in [0.2, 0.25) is 0 Å². The predicted octanol–water partition coefficient (Wildman–Crippen LogP) is 1.25. The summed E-state index contributed by atoms with van der Waals surface area (Å²) < 4.78 is 25.4. The number of hydrogen-bond donors (Lipinski definition) is 0. The Kier molecular flexibility index (Phi) is 7.16. The Balaban J connectivity index is 3.37. The number of hydrogen-bond acceptors (Lipinski definition) is 8. The maximum absolute atomic E-state index is 12.1. The Morgan fingerprint density at radius 1 is 0.958 bits per heavy atom. The molecular formula is C16H23NO7. The van der Waals surface area contributed by atoms with E-state index in [9.17, 15) is 9.59 Å². The molecule has 8 heteroatoms. The van der Waals surface area contributed by atoms with Crippen LogP contribution in [0.1, 0.15) is 6.42 Å². The van der Waals surface area contributed by atoms with Gasteiger partial charge in [-0.1, -0.05) is 0 Å². The fourth-order valence-electron chi connectivity index (χ4n) is 2.25. The predicted molar refractivity (Wildman–Crippen MR) is 86.9 cm³/mol. The lowest BCUT2D eigenvalue weighted by molar-refractivity contribution is -0.148. The summed E-state index contributed by atoms with van der Waals surface area (Å²) in [6, 6.07) is 2.40. The molecule has 24 heavy (non-hydrogen) atoms. The van der Waals surface area contributed by atoms with E-state index in [1.807, 2.05) is 0 Å². The third kappa shape index (κ3) is 4.21. The van der Waals surface area contributed by atoms with Gasteiger partial charge in [0, 0.05) is 19.2 Å². The fraction of sp³-hybridized carbons (Fsp3) is 0.500. The summed E-state index contributed by atoms with van der Waals surface area (Å²) in [5.41, 5.74) is 0.486. The van der Waals surface area contributed by atoms with Gasteiger partial charge in [0.15, 0.2) is 0 Å². The molecular weight excluding hydrogens is 318 g/mol. The Bertz CT molecular complexity index is 563. The van der Waals surface area contributed by atoms with Crippen LogP contribution in [0, 0.1) is 0 Å². The largest absolute Gasteiger partial charge is 0.496 e. The molecule has 0 heterocycles. The summed E-state index contributed by atoms with van der Waals surface area (Å²) >= 11 is 0. The van der Waals surface area contributed by atoms with Gasteiger partial charge in [0.25, 0.3) is 0 Å². The number of carbonyl (C=O) groups excluding carboxylic acids is 2. The molecule has 0 saturated carbocycles. The van der Waals surface area contributed by atoms with Gasteiger partial charge in [-0.2, -0.15) is 0 Å². The van der Waals surface area contributed by atoms with Crippen LogP contribution in [0.15, 0.2) is 12.1 Å². The summed E-state index contributed by atoms with van der Waals surface area (Å²) in [5.74, 6) is 0.259. The SMILES string of the molecule is COC(=O)C[C@@H](C(=O)OC)N(C)c1c(OC)cc(OC)cc1OC. The Labute approximate surface area is 141 Å². The van der Waals surface area contributed by atoms with E-state index in [1.54, 1.807) is 24.1 Å². The van der Waals surface area contributed by atoms with Crippen molar-refractivity contribution in [3.05, 3.63) is 12.1 Å². The second-order valence-electron chi connectivity index (χ2n) is 4.81. The van der Waals surface area contributed by atoms with Crippen LogP contribution in [0.3, 0.4) is 0 Å². The van der Waals surface area contributed by atoms with Gasteiger partial charge in [-0.25, -0.2) is 4.79 Å². The van der Waals surface area contributed by atoms with Gasteiger partial charge in [0.2, 0.25) is 0 Å². The van der Waals surface area contributed by atoms with Crippen LogP contribution in [0.4, 0.5) is 5.69 Å². The van der Waals surface area contributed by atoms with Crippen LogP contribution in [-0.2, 0) is 19.1 Å². The maximum atomic E-state index is 12.1. The lowest BCUT2D eigenvalue weighted by Gasteiger charge is -2.30. The van der Waals surface area contributed by atoms with Crippen molar-refractivity contribution in [2.24, 2.45) is 0 Å². The van der Waals surface area contributed by atoms with E-state index in [4.69, 9.17) is 18.9 Å². The van der Waals surface area contributed by atoms with Crippen LogP contribution in [-0.4, -0.2) is 60.6 Å². The van der Waals surface area contributed by atoms with E-state index in [0.717, 1.165) is 0 Å². The lowest BCUT2D eigenvalue weighted by atomic mass is 10.1.